The molecule has 0 atom stereocenters. The highest BCUT2D eigenvalue weighted by Gasteiger charge is 2.19. The molecule has 0 saturated carbocycles. The van der Waals surface area contributed by atoms with Gasteiger partial charge in [-0.2, -0.15) is 5.26 Å². The number of rotatable bonds is 8. The molecule has 160 valence electrons. The molecular formula is C24H19N3O5. The van der Waals surface area contributed by atoms with E-state index in [2.05, 4.69) is 5.32 Å². The molecule has 3 rings (SSSR count). The molecule has 0 radical (unpaired) electrons. The van der Waals surface area contributed by atoms with Gasteiger partial charge in [0.2, 0.25) is 0 Å². The van der Waals surface area contributed by atoms with Crippen molar-refractivity contribution in [2.75, 3.05) is 12.4 Å². The third kappa shape index (κ3) is 5.70. The maximum absolute atomic E-state index is 12.6. The van der Waals surface area contributed by atoms with Crippen LogP contribution in [0.15, 0.2) is 78.4 Å². The van der Waals surface area contributed by atoms with Crippen molar-refractivity contribution in [3.8, 4) is 17.6 Å². The summed E-state index contributed by atoms with van der Waals surface area (Å²) in [6.45, 7) is 0.376. The van der Waals surface area contributed by atoms with Gasteiger partial charge in [0, 0.05) is 0 Å². The average molecular weight is 429 g/mol. The zero-order chi connectivity index (χ0) is 22.9. The Hall–Kier alpha value is -4.64. The number of nitrogens with zero attached hydrogens (tertiary/aromatic N) is 2. The fourth-order valence-corrected chi connectivity index (χ4v) is 2.84. The summed E-state index contributed by atoms with van der Waals surface area (Å²) < 4.78 is 10.7. The fraction of sp³-hybridized carbons (Fsp3) is 0.0833. The molecule has 0 bridgehead atoms. The molecular weight excluding hydrogens is 410 g/mol. The minimum atomic E-state index is -0.767. The Balaban J connectivity index is 1.77. The van der Waals surface area contributed by atoms with E-state index >= 15 is 0 Å². The molecule has 0 aliphatic heterocycles. The van der Waals surface area contributed by atoms with E-state index in [1.165, 1.54) is 31.4 Å². The summed E-state index contributed by atoms with van der Waals surface area (Å²) in [6, 6.07) is 22.4. The molecule has 8 nitrogen and oxygen atoms in total. The quantitative estimate of drug-likeness (QED) is 0.240. The molecule has 3 aromatic carbocycles. The predicted molar refractivity (Wildman–Crippen MR) is 119 cm³/mol. The largest absolute Gasteiger partial charge is 0.496 e. The topological polar surface area (TPSA) is 114 Å². The minimum absolute atomic E-state index is 0.0399. The van der Waals surface area contributed by atoms with Crippen molar-refractivity contribution in [1.82, 2.24) is 0 Å². The van der Waals surface area contributed by atoms with Crippen LogP contribution in [0.25, 0.3) is 6.08 Å². The average Bonchev–Trinajstić information content (AvgIpc) is 2.82. The number of hydrogen-bond donors (Lipinski definition) is 1. The second kappa shape index (κ2) is 10.4. The van der Waals surface area contributed by atoms with E-state index in [9.17, 15) is 20.2 Å². The molecule has 8 heteroatoms. The number of nitro benzene ring substituents is 1. The molecule has 0 heterocycles. The van der Waals surface area contributed by atoms with Crippen molar-refractivity contribution in [3.63, 3.8) is 0 Å². The van der Waals surface area contributed by atoms with Gasteiger partial charge in [-0.25, -0.2) is 0 Å². The van der Waals surface area contributed by atoms with Crippen molar-refractivity contribution < 1.29 is 19.2 Å². The van der Waals surface area contributed by atoms with E-state index in [0.717, 1.165) is 5.56 Å². The summed E-state index contributed by atoms with van der Waals surface area (Å²) >= 11 is 0. The van der Waals surface area contributed by atoms with Crippen LogP contribution >= 0.6 is 0 Å². The highest BCUT2D eigenvalue weighted by atomic mass is 16.6. The first-order valence-electron chi connectivity index (χ1n) is 9.52. The summed E-state index contributed by atoms with van der Waals surface area (Å²) in [5.74, 6) is 0.0838. The Morgan fingerprint density at radius 3 is 2.56 bits per heavy atom. The Kier molecular flexibility index (Phi) is 7.17. The molecule has 0 unspecified atom stereocenters. The number of nitrogens with one attached hydrogen (secondary N) is 1. The lowest BCUT2D eigenvalue weighted by Crippen LogP contribution is -2.14. The lowest BCUT2D eigenvalue weighted by molar-refractivity contribution is -0.384. The van der Waals surface area contributed by atoms with Crippen LogP contribution in [0.4, 0.5) is 11.4 Å². The van der Waals surface area contributed by atoms with Gasteiger partial charge in [-0.05, 0) is 41.5 Å². The van der Waals surface area contributed by atoms with Gasteiger partial charge in [-0.1, -0.05) is 42.5 Å². The van der Waals surface area contributed by atoms with Gasteiger partial charge < -0.3 is 14.8 Å². The van der Waals surface area contributed by atoms with Crippen LogP contribution in [-0.2, 0) is 11.4 Å². The van der Waals surface area contributed by atoms with Crippen molar-refractivity contribution in [2.45, 2.75) is 6.61 Å². The smallest absolute Gasteiger partial charge is 0.296 e. The fourth-order valence-electron chi connectivity index (χ4n) is 2.84. The van der Waals surface area contributed by atoms with Crippen LogP contribution in [0, 0.1) is 21.4 Å². The monoisotopic (exact) mass is 429 g/mol. The highest BCUT2D eigenvalue weighted by molar-refractivity contribution is 6.10. The molecule has 0 aliphatic carbocycles. The van der Waals surface area contributed by atoms with Gasteiger partial charge in [0.15, 0.2) is 0 Å². The number of ether oxygens (including phenoxy) is 2. The van der Waals surface area contributed by atoms with Gasteiger partial charge >= 0.3 is 0 Å². The molecule has 0 saturated heterocycles. The lowest BCUT2D eigenvalue weighted by Gasteiger charge is -2.08. The molecule has 32 heavy (non-hydrogen) atoms. The summed E-state index contributed by atoms with van der Waals surface area (Å²) in [4.78, 5) is 23.3. The van der Waals surface area contributed by atoms with Gasteiger partial charge in [-0.3, -0.25) is 14.9 Å². The minimum Gasteiger partial charge on any atom is -0.496 e. The number of hydrogen-bond acceptors (Lipinski definition) is 6. The Morgan fingerprint density at radius 1 is 1.09 bits per heavy atom. The van der Waals surface area contributed by atoms with Gasteiger partial charge in [0.05, 0.1) is 18.1 Å². The maximum atomic E-state index is 12.6. The van der Waals surface area contributed by atoms with Crippen molar-refractivity contribution in [2.24, 2.45) is 0 Å². The van der Waals surface area contributed by atoms with Gasteiger partial charge in [0.25, 0.3) is 11.6 Å². The number of amides is 1. The predicted octanol–water partition coefficient (Wildman–Crippen LogP) is 4.73. The van der Waals surface area contributed by atoms with Crippen molar-refractivity contribution in [1.29, 1.82) is 5.26 Å². The Morgan fingerprint density at radius 2 is 1.88 bits per heavy atom. The summed E-state index contributed by atoms with van der Waals surface area (Å²) in [6.07, 6.45) is 1.39. The zero-order valence-corrected chi connectivity index (χ0v) is 17.1. The van der Waals surface area contributed by atoms with Crippen LogP contribution < -0.4 is 14.8 Å². The van der Waals surface area contributed by atoms with Crippen LogP contribution in [0.3, 0.4) is 0 Å². The van der Waals surface area contributed by atoms with Crippen LogP contribution in [0.2, 0.25) is 0 Å². The molecule has 3 aromatic rings. The SMILES string of the molecule is COc1ccc(NC(=O)/C(C#N)=C/c2cccc(OCc3ccccc3)c2)c([N+](=O)[O-])c1. The second-order valence-electron chi connectivity index (χ2n) is 6.61. The van der Waals surface area contributed by atoms with E-state index in [1.54, 1.807) is 24.3 Å². The first kappa shape index (κ1) is 22.1. The van der Waals surface area contributed by atoms with E-state index < -0.39 is 10.8 Å². The molecule has 1 N–H and O–H groups in total. The van der Waals surface area contributed by atoms with Crippen molar-refractivity contribution >= 4 is 23.4 Å². The summed E-state index contributed by atoms with van der Waals surface area (Å²) in [5, 5.41) is 23.2. The number of benzene rings is 3. The van der Waals surface area contributed by atoms with Crippen LogP contribution in [-0.4, -0.2) is 17.9 Å². The third-order valence-electron chi connectivity index (χ3n) is 4.43. The van der Waals surface area contributed by atoms with Crippen molar-refractivity contribution in [3.05, 3.63) is 99.6 Å². The Labute approximate surface area is 184 Å². The first-order valence-corrected chi connectivity index (χ1v) is 9.52. The third-order valence-corrected chi connectivity index (χ3v) is 4.43. The van der Waals surface area contributed by atoms with Gasteiger partial charge in [0.1, 0.15) is 35.4 Å². The molecule has 0 aromatic heterocycles. The van der Waals surface area contributed by atoms with E-state index in [0.29, 0.717) is 17.9 Å². The standard InChI is InChI=1S/C24H19N3O5/c1-31-20-10-11-22(23(14-20)27(29)30)26-24(28)19(15-25)12-18-8-5-9-21(13-18)32-16-17-6-3-2-4-7-17/h2-14H,16H2,1H3,(H,26,28)/b19-12+. The van der Waals surface area contributed by atoms with Crippen LogP contribution in [0.5, 0.6) is 11.5 Å². The number of anilines is 1. The van der Waals surface area contributed by atoms with E-state index in [4.69, 9.17) is 9.47 Å². The number of carbonyl (C=O) groups is 1. The number of nitriles is 1. The zero-order valence-electron chi connectivity index (χ0n) is 17.1. The lowest BCUT2D eigenvalue weighted by atomic mass is 10.1. The number of methoxy groups -OCH3 is 1. The maximum Gasteiger partial charge on any atom is 0.296 e. The molecule has 1 amide bonds. The Bertz CT molecular complexity index is 1200. The second-order valence-corrected chi connectivity index (χ2v) is 6.61. The van der Waals surface area contributed by atoms with E-state index in [-0.39, 0.29) is 22.7 Å². The van der Waals surface area contributed by atoms with Crippen LogP contribution in [0.1, 0.15) is 11.1 Å². The molecule has 0 fully saturated rings. The summed E-state index contributed by atoms with van der Waals surface area (Å²) in [5.41, 5.74) is 0.988. The first-order chi connectivity index (χ1) is 15.5. The van der Waals surface area contributed by atoms with E-state index in [1.807, 2.05) is 36.4 Å². The van der Waals surface area contributed by atoms with Gasteiger partial charge in [-0.15, -0.1) is 0 Å². The highest BCUT2D eigenvalue weighted by Crippen LogP contribution is 2.29. The molecule has 0 aliphatic rings. The normalized spacial score (nSPS) is 10.7. The summed E-state index contributed by atoms with van der Waals surface area (Å²) in [7, 11) is 1.38. The number of carbonyl (C=O) groups excluding carboxylic acids is 1. The molecule has 0 spiro atoms. The number of nitro groups is 1.